The lowest BCUT2D eigenvalue weighted by atomic mass is 9.44. The molecule has 0 spiro atoms. The monoisotopic (exact) mass is 471 g/mol. The van der Waals surface area contributed by atoms with E-state index in [9.17, 15) is 9.59 Å². The van der Waals surface area contributed by atoms with Gasteiger partial charge in [0.25, 0.3) is 0 Å². The first-order valence-electron chi connectivity index (χ1n) is 13.6. The van der Waals surface area contributed by atoms with Gasteiger partial charge in [0.15, 0.2) is 0 Å². The molecule has 2 aromatic rings. The summed E-state index contributed by atoms with van der Waals surface area (Å²) in [7, 11) is 0. The highest BCUT2D eigenvalue weighted by Crippen LogP contribution is 2.63. The Morgan fingerprint density at radius 1 is 1.06 bits per heavy atom. The zero-order chi connectivity index (χ0) is 24.0. The van der Waals surface area contributed by atoms with Crippen molar-refractivity contribution in [1.29, 1.82) is 0 Å². The molecule has 5 aliphatic carbocycles. The lowest BCUT2D eigenvalue weighted by Gasteiger charge is -2.60. The van der Waals surface area contributed by atoms with Gasteiger partial charge in [-0.3, -0.25) is 14.6 Å². The molecular weight excluding hydrogens is 434 g/mol. The molecule has 184 valence electrons. The van der Waals surface area contributed by atoms with Crippen LogP contribution in [0.4, 0.5) is 0 Å². The van der Waals surface area contributed by atoms with Gasteiger partial charge in [0, 0.05) is 36.7 Å². The Balaban J connectivity index is 1.11. The molecule has 4 unspecified atom stereocenters. The van der Waals surface area contributed by atoms with Gasteiger partial charge in [0.1, 0.15) is 5.78 Å². The Kier molecular flexibility index (Phi) is 6.00. The minimum Gasteiger partial charge on any atom is -0.354 e. The number of amides is 1. The lowest BCUT2D eigenvalue weighted by Crippen LogP contribution is -2.60. The van der Waals surface area contributed by atoms with Crippen molar-refractivity contribution in [2.45, 2.75) is 69.7 Å². The highest BCUT2D eigenvalue weighted by atomic mass is 16.2. The first kappa shape index (κ1) is 22.9. The number of hydrogen-bond donors (Lipinski definition) is 2. The van der Waals surface area contributed by atoms with Crippen LogP contribution in [-0.2, 0) is 22.4 Å². The van der Waals surface area contributed by atoms with E-state index in [4.69, 9.17) is 5.73 Å². The molecule has 4 fully saturated rings. The molecule has 5 nitrogen and oxygen atoms in total. The van der Waals surface area contributed by atoms with Crippen molar-refractivity contribution >= 4 is 11.7 Å². The summed E-state index contributed by atoms with van der Waals surface area (Å²) in [5.74, 6) is 2.35. The van der Waals surface area contributed by atoms with Crippen LogP contribution in [0.2, 0.25) is 0 Å². The smallest absolute Gasteiger partial charge is 0.237 e. The Labute approximate surface area is 208 Å². The third kappa shape index (κ3) is 4.22. The van der Waals surface area contributed by atoms with E-state index < -0.39 is 6.04 Å². The van der Waals surface area contributed by atoms with Gasteiger partial charge in [-0.15, -0.1) is 0 Å². The SMILES string of the molecule is NC(C(=O)NCC1CCCc2ccccc21)C1C2CC3CC1CC(C(=O)Cc1ccncc1)(C3)C2. The standard InChI is InChI=1S/C30H37N3O2/c31-28(29(35)33-18-22-6-3-5-21-4-1-2-7-25(21)22)27-23-12-20-13-24(27)17-30(15-20,16-23)26(34)14-19-8-10-32-11-9-19/h1-2,4,7-11,20,22-24,27-28H,3,5-6,12-18,31H2,(H,33,35). The average molecular weight is 472 g/mol. The molecule has 1 aromatic carbocycles. The summed E-state index contributed by atoms with van der Waals surface area (Å²) in [5.41, 5.74) is 10.3. The summed E-state index contributed by atoms with van der Waals surface area (Å²) in [5, 5.41) is 3.23. The largest absolute Gasteiger partial charge is 0.354 e. The fourth-order valence-corrected chi connectivity index (χ4v) is 8.45. The zero-order valence-electron chi connectivity index (χ0n) is 20.5. The quantitative estimate of drug-likeness (QED) is 0.634. The van der Waals surface area contributed by atoms with E-state index in [2.05, 4.69) is 34.6 Å². The Bertz CT molecular complexity index is 1080. The topological polar surface area (TPSA) is 85.1 Å². The summed E-state index contributed by atoms with van der Waals surface area (Å²) in [6, 6.07) is 12.1. The summed E-state index contributed by atoms with van der Waals surface area (Å²) >= 11 is 0. The van der Waals surface area contributed by atoms with Gasteiger partial charge in [0.05, 0.1) is 6.04 Å². The summed E-state index contributed by atoms with van der Waals surface area (Å²) in [4.78, 5) is 30.9. The van der Waals surface area contributed by atoms with Crippen LogP contribution in [0.15, 0.2) is 48.8 Å². The number of rotatable bonds is 7. The number of nitrogens with zero attached hydrogens (tertiary/aromatic N) is 1. The molecule has 7 rings (SSSR count). The van der Waals surface area contributed by atoms with E-state index in [0.29, 0.717) is 42.4 Å². The molecule has 0 saturated heterocycles. The van der Waals surface area contributed by atoms with Gasteiger partial charge in [-0.2, -0.15) is 0 Å². The number of hydrogen-bond acceptors (Lipinski definition) is 4. The second-order valence-electron chi connectivity index (χ2n) is 11.8. The van der Waals surface area contributed by atoms with Crippen molar-refractivity contribution < 1.29 is 9.59 Å². The highest BCUT2D eigenvalue weighted by molar-refractivity contribution is 5.87. The van der Waals surface area contributed by atoms with Crippen molar-refractivity contribution in [2.75, 3.05) is 6.54 Å². The number of fused-ring (bicyclic) bond motifs is 1. The summed E-state index contributed by atoms with van der Waals surface area (Å²) < 4.78 is 0. The Morgan fingerprint density at radius 2 is 1.80 bits per heavy atom. The number of Topliss-reactive ketones (excluding diaryl/α,β-unsaturated/α-hetero) is 1. The predicted molar refractivity (Wildman–Crippen MR) is 136 cm³/mol. The highest BCUT2D eigenvalue weighted by Gasteiger charge is 2.59. The number of nitrogens with one attached hydrogen (secondary N) is 1. The molecule has 1 aromatic heterocycles. The number of carbonyl (C=O) groups excluding carboxylic acids is 2. The second-order valence-corrected chi connectivity index (χ2v) is 11.8. The maximum atomic E-state index is 13.5. The normalized spacial score (nSPS) is 33.7. The van der Waals surface area contributed by atoms with E-state index >= 15 is 0 Å². The van der Waals surface area contributed by atoms with Gasteiger partial charge in [-0.25, -0.2) is 0 Å². The molecule has 4 saturated carbocycles. The van der Waals surface area contributed by atoms with Crippen LogP contribution in [0.3, 0.4) is 0 Å². The van der Waals surface area contributed by atoms with Crippen molar-refractivity contribution in [3.63, 3.8) is 0 Å². The van der Waals surface area contributed by atoms with E-state index in [1.54, 1.807) is 12.4 Å². The van der Waals surface area contributed by atoms with Crippen LogP contribution in [0, 0.1) is 29.1 Å². The Morgan fingerprint density at radius 3 is 2.57 bits per heavy atom. The zero-order valence-corrected chi connectivity index (χ0v) is 20.5. The Hall–Kier alpha value is -2.53. The molecule has 0 aliphatic heterocycles. The first-order valence-corrected chi connectivity index (χ1v) is 13.6. The third-order valence-electron chi connectivity index (χ3n) is 9.79. The van der Waals surface area contributed by atoms with Crippen LogP contribution in [-0.4, -0.2) is 29.3 Å². The van der Waals surface area contributed by atoms with Gasteiger partial charge in [-0.1, -0.05) is 24.3 Å². The van der Waals surface area contributed by atoms with Crippen molar-refractivity contribution in [3.05, 3.63) is 65.5 Å². The number of nitrogens with two attached hydrogens (primary N) is 1. The average Bonchev–Trinajstić information content (AvgIpc) is 2.87. The van der Waals surface area contributed by atoms with Crippen molar-refractivity contribution in [3.8, 4) is 0 Å². The second kappa shape index (κ2) is 9.16. The summed E-state index contributed by atoms with van der Waals surface area (Å²) in [6.45, 7) is 0.669. The number of aromatic nitrogens is 1. The number of pyridine rings is 1. The molecule has 0 radical (unpaired) electrons. The molecule has 5 aliphatic rings. The number of aryl methyl sites for hydroxylation is 1. The van der Waals surface area contributed by atoms with Crippen LogP contribution in [0.25, 0.3) is 0 Å². The van der Waals surface area contributed by atoms with Gasteiger partial charge in [0.2, 0.25) is 5.91 Å². The van der Waals surface area contributed by atoms with E-state index in [1.807, 2.05) is 12.1 Å². The van der Waals surface area contributed by atoms with Gasteiger partial charge in [-0.05, 0) is 104 Å². The molecular formula is C30H37N3O2. The predicted octanol–water partition coefficient (Wildman–Crippen LogP) is 4.20. The van der Waals surface area contributed by atoms with Gasteiger partial charge >= 0.3 is 0 Å². The van der Waals surface area contributed by atoms with Crippen LogP contribution in [0.5, 0.6) is 0 Å². The fourth-order valence-electron chi connectivity index (χ4n) is 8.45. The lowest BCUT2D eigenvalue weighted by molar-refractivity contribution is -0.153. The van der Waals surface area contributed by atoms with Crippen LogP contribution >= 0.6 is 0 Å². The molecule has 4 atom stereocenters. The van der Waals surface area contributed by atoms with E-state index in [-0.39, 0.29) is 17.2 Å². The molecule has 4 bridgehead atoms. The van der Waals surface area contributed by atoms with E-state index in [0.717, 1.165) is 50.5 Å². The molecule has 3 N–H and O–H groups in total. The van der Waals surface area contributed by atoms with Crippen molar-refractivity contribution in [1.82, 2.24) is 10.3 Å². The number of carbonyl (C=O) groups is 2. The molecule has 35 heavy (non-hydrogen) atoms. The first-order chi connectivity index (χ1) is 17.0. The van der Waals surface area contributed by atoms with Gasteiger partial charge < -0.3 is 11.1 Å². The fraction of sp³-hybridized carbons (Fsp3) is 0.567. The minimum atomic E-state index is -0.476. The maximum Gasteiger partial charge on any atom is 0.237 e. The van der Waals surface area contributed by atoms with Crippen LogP contribution < -0.4 is 11.1 Å². The molecule has 1 heterocycles. The van der Waals surface area contributed by atoms with E-state index in [1.165, 1.54) is 17.5 Å². The third-order valence-corrected chi connectivity index (χ3v) is 9.79. The van der Waals surface area contributed by atoms with Crippen LogP contribution in [0.1, 0.15) is 67.6 Å². The molecule has 1 amide bonds. The number of ketones is 1. The summed E-state index contributed by atoms with van der Waals surface area (Å²) in [6.07, 6.45) is 12.5. The number of benzene rings is 1. The molecule has 5 heteroatoms. The minimum absolute atomic E-state index is 0.00249. The maximum absolute atomic E-state index is 13.5. The van der Waals surface area contributed by atoms with Crippen molar-refractivity contribution in [2.24, 2.45) is 34.8 Å².